The van der Waals surface area contributed by atoms with Crippen molar-refractivity contribution < 1.29 is 22.7 Å². The molecule has 120 valence electrons. The van der Waals surface area contributed by atoms with Crippen LogP contribution in [0.3, 0.4) is 0 Å². The van der Waals surface area contributed by atoms with E-state index in [0.717, 1.165) is 6.20 Å². The minimum atomic E-state index is -4.42. The molecule has 0 saturated heterocycles. The summed E-state index contributed by atoms with van der Waals surface area (Å²) in [5.74, 6) is -0.546. The average molecular weight is 328 g/mol. The van der Waals surface area contributed by atoms with E-state index in [2.05, 4.69) is 15.0 Å². The SMILES string of the molecule is CC(N)CCNC(=O)c1ccc(OCC(F)(F)F)nc1.Cl. The maximum Gasteiger partial charge on any atom is 0.422 e. The molecule has 1 aromatic rings. The van der Waals surface area contributed by atoms with Gasteiger partial charge in [0.25, 0.3) is 5.91 Å². The lowest BCUT2D eigenvalue weighted by molar-refractivity contribution is -0.154. The normalized spacial score (nSPS) is 12.2. The van der Waals surface area contributed by atoms with Gasteiger partial charge in [-0.2, -0.15) is 13.2 Å². The van der Waals surface area contributed by atoms with E-state index in [1.807, 2.05) is 6.92 Å². The molecule has 0 aliphatic carbocycles. The number of halogens is 4. The van der Waals surface area contributed by atoms with Gasteiger partial charge in [0, 0.05) is 24.8 Å². The lowest BCUT2D eigenvalue weighted by Gasteiger charge is -2.09. The molecule has 1 unspecified atom stereocenters. The first-order valence-electron chi connectivity index (χ1n) is 5.97. The van der Waals surface area contributed by atoms with Gasteiger partial charge >= 0.3 is 6.18 Å². The number of hydrogen-bond acceptors (Lipinski definition) is 4. The largest absolute Gasteiger partial charge is 0.468 e. The Hall–Kier alpha value is -1.54. The molecule has 1 heterocycles. The predicted octanol–water partition coefficient (Wildman–Crippen LogP) is 1.91. The van der Waals surface area contributed by atoms with Gasteiger partial charge in [-0.25, -0.2) is 4.98 Å². The minimum Gasteiger partial charge on any atom is -0.468 e. The van der Waals surface area contributed by atoms with E-state index < -0.39 is 12.8 Å². The van der Waals surface area contributed by atoms with Gasteiger partial charge in [0.05, 0.1) is 5.56 Å². The molecule has 1 atom stereocenters. The first kappa shape index (κ1) is 19.5. The van der Waals surface area contributed by atoms with Crippen LogP contribution in [-0.2, 0) is 0 Å². The molecule has 21 heavy (non-hydrogen) atoms. The van der Waals surface area contributed by atoms with Gasteiger partial charge in [0.15, 0.2) is 6.61 Å². The third kappa shape index (κ3) is 8.36. The van der Waals surface area contributed by atoms with E-state index in [4.69, 9.17) is 5.73 Å². The summed E-state index contributed by atoms with van der Waals surface area (Å²) in [6, 6.07) is 2.54. The Morgan fingerprint density at radius 2 is 2.14 bits per heavy atom. The lowest BCUT2D eigenvalue weighted by atomic mass is 10.2. The van der Waals surface area contributed by atoms with Crippen molar-refractivity contribution in [2.24, 2.45) is 5.73 Å². The average Bonchev–Trinajstić information content (AvgIpc) is 2.35. The summed E-state index contributed by atoms with van der Waals surface area (Å²) in [5.41, 5.74) is 5.78. The molecule has 0 spiro atoms. The molecular weight excluding hydrogens is 311 g/mol. The van der Waals surface area contributed by atoms with Crippen LogP contribution in [0.5, 0.6) is 5.88 Å². The number of carbonyl (C=O) groups excluding carboxylic acids is 1. The summed E-state index contributed by atoms with van der Waals surface area (Å²) in [5, 5.41) is 2.63. The molecule has 0 aliphatic heterocycles. The highest BCUT2D eigenvalue weighted by atomic mass is 35.5. The fourth-order valence-corrected chi connectivity index (χ4v) is 1.27. The van der Waals surface area contributed by atoms with Gasteiger partial charge in [-0.15, -0.1) is 12.4 Å². The van der Waals surface area contributed by atoms with E-state index in [9.17, 15) is 18.0 Å². The minimum absolute atomic E-state index is 0. The second-order valence-electron chi connectivity index (χ2n) is 4.31. The highest BCUT2D eigenvalue weighted by molar-refractivity contribution is 5.93. The van der Waals surface area contributed by atoms with Crippen LogP contribution in [0.4, 0.5) is 13.2 Å². The number of nitrogens with one attached hydrogen (secondary N) is 1. The van der Waals surface area contributed by atoms with Crippen molar-refractivity contribution in [3.8, 4) is 5.88 Å². The van der Waals surface area contributed by atoms with E-state index in [-0.39, 0.29) is 35.8 Å². The second-order valence-corrected chi connectivity index (χ2v) is 4.31. The number of amides is 1. The Kier molecular flexibility index (Phi) is 8.05. The molecule has 9 heteroatoms. The third-order valence-electron chi connectivity index (χ3n) is 2.27. The quantitative estimate of drug-likeness (QED) is 0.836. The van der Waals surface area contributed by atoms with Crippen LogP contribution in [0.15, 0.2) is 18.3 Å². The first-order valence-corrected chi connectivity index (χ1v) is 5.97. The van der Waals surface area contributed by atoms with Crippen LogP contribution in [-0.4, -0.2) is 36.3 Å². The fourth-order valence-electron chi connectivity index (χ4n) is 1.27. The van der Waals surface area contributed by atoms with Crippen molar-refractivity contribution in [3.63, 3.8) is 0 Å². The Labute approximate surface area is 126 Å². The van der Waals surface area contributed by atoms with Gasteiger partial charge in [-0.05, 0) is 19.4 Å². The monoisotopic (exact) mass is 327 g/mol. The highest BCUT2D eigenvalue weighted by Gasteiger charge is 2.28. The third-order valence-corrected chi connectivity index (χ3v) is 2.27. The van der Waals surface area contributed by atoms with E-state index in [0.29, 0.717) is 13.0 Å². The van der Waals surface area contributed by atoms with Crippen molar-refractivity contribution in [3.05, 3.63) is 23.9 Å². The van der Waals surface area contributed by atoms with Crippen LogP contribution in [0, 0.1) is 0 Å². The molecule has 5 nitrogen and oxygen atoms in total. The summed E-state index contributed by atoms with van der Waals surface area (Å²) >= 11 is 0. The maximum atomic E-state index is 11.9. The van der Waals surface area contributed by atoms with Crippen molar-refractivity contribution >= 4 is 18.3 Å². The van der Waals surface area contributed by atoms with E-state index in [1.54, 1.807) is 0 Å². The smallest absolute Gasteiger partial charge is 0.422 e. The maximum absolute atomic E-state index is 11.9. The molecular formula is C12H17ClF3N3O2. The van der Waals surface area contributed by atoms with Crippen LogP contribution in [0.2, 0.25) is 0 Å². The van der Waals surface area contributed by atoms with Crippen molar-refractivity contribution in [1.29, 1.82) is 0 Å². The Balaban J connectivity index is 0.00000400. The molecule has 1 amide bonds. The Bertz CT molecular complexity index is 438. The number of aromatic nitrogens is 1. The predicted molar refractivity (Wildman–Crippen MR) is 73.6 cm³/mol. The van der Waals surface area contributed by atoms with Gasteiger partial charge < -0.3 is 15.8 Å². The molecule has 1 aromatic heterocycles. The number of nitrogens with two attached hydrogens (primary N) is 1. The number of ether oxygens (including phenoxy) is 1. The van der Waals surface area contributed by atoms with Crippen LogP contribution >= 0.6 is 12.4 Å². The molecule has 0 saturated carbocycles. The molecule has 0 aromatic carbocycles. The summed E-state index contributed by atoms with van der Waals surface area (Å²) in [4.78, 5) is 15.3. The Morgan fingerprint density at radius 1 is 1.48 bits per heavy atom. The zero-order valence-electron chi connectivity index (χ0n) is 11.3. The topological polar surface area (TPSA) is 77.2 Å². The van der Waals surface area contributed by atoms with Crippen LogP contribution < -0.4 is 15.8 Å². The van der Waals surface area contributed by atoms with E-state index >= 15 is 0 Å². The van der Waals surface area contributed by atoms with Gasteiger partial charge in [0.1, 0.15) is 0 Å². The van der Waals surface area contributed by atoms with Crippen LogP contribution in [0.25, 0.3) is 0 Å². The highest BCUT2D eigenvalue weighted by Crippen LogP contribution is 2.16. The van der Waals surface area contributed by atoms with Crippen molar-refractivity contribution in [1.82, 2.24) is 10.3 Å². The second kappa shape index (κ2) is 8.68. The number of rotatable bonds is 6. The standard InChI is InChI=1S/C12H16F3N3O2.ClH/c1-8(16)4-5-17-11(19)9-2-3-10(18-6-9)20-7-12(13,14)15;/h2-3,6,8H,4-5,7,16H2,1H3,(H,17,19);1H. The number of nitrogens with zero attached hydrogens (tertiary/aromatic N) is 1. The molecule has 3 N–H and O–H groups in total. The van der Waals surface area contributed by atoms with Gasteiger partial charge in [-0.1, -0.05) is 0 Å². The van der Waals surface area contributed by atoms with Crippen molar-refractivity contribution in [2.75, 3.05) is 13.2 Å². The van der Waals surface area contributed by atoms with Crippen LogP contribution in [0.1, 0.15) is 23.7 Å². The van der Waals surface area contributed by atoms with E-state index in [1.165, 1.54) is 12.1 Å². The molecule has 0 aliphatic rings. The Morgan fingerprint density at radius 3 is 2.62 bits per heavy atom. The zero-order valence-corrected chi connectivity index (χ0v) is 12.1. The summed E-state index contributed by atoms with van der Waals surface area (Å²) < 4.78 is 40.2. The lowest BCUT2D eigenvalue weighted by Crippen LogP contribution is -2.29. The number of pyridine rings is 1. The number of carbonyl (C=O) groups is 1. The van der Waals surface area contributed by atoms with Gasteiger partial charge in [0.2, 0.25) is 5.88 Å². The summed E-state index contributed by atoms with van der Waals surface area (Å²) in [6.07, 6.45) is -2.63. The zero-order chi connectivity index (χ0) is 15.2. The van der Waals surface area contributed by atoms with Crippen molar-refractivity contribution in [2.45, 2.75) is 25.6 Å². The molecule has 1 rings (SSSR count). The number of hydrogen-bond donors (Lipinski definition) is 2. The molecule has 0 fully saturated rings. The number of alkyl halides is 3. The fraction of sp³-hybridized carbons (Fsp3) is 0.500. The van der Waals surface area contributed by atoms with Gasteiger partial charge in [-0.3, -0.25) is 4.79 Å². The molecule has 0 bridgehead atoms. The first-order chi connectivity index (χ1) is 9.28. The summed E-state index contributed by atoms with van der Waals surface area (Å²) in [6.45, 7) is 0.823. The molecule has 0 radical (unpaired) electrons. The summed E-state index contributed by atoms with van der Waals surface area (Å²) in [7, 11) is 0.